The summed E-state index contributed by atoms with van der Waals surface area (Å²) in [6.45, 7) is 0. The number of fused-ring (bicyclic) bond motifs is 1. The standard InChI is InChI=1S/C33H32O/c1-3-12-26(13-4-1)16-9-18-28-20-11-21-29(19-10-17-27-14-5-2-6-15-27)32(28)24-30-25-34-33-23-8-7-22-31(30)33/h1-8,11-15,20-23,25H,9-10,16-19,24H2. The SMILES string of the molecule is c1ccc(CCCc2cccc(CCCc3ccccc3)c2Cc2coc3ccccc23)cc1. The van der Waals surface area contributed by atoms with Crippen LogP contribution < -0.4 is 0 Å². The van der Waals surface area contributed by atoms with Crippen molar-refractivity contribution in [2.24, 2.45) is 0 Å². The second-order valence-electron chi connectivity index (χ2n) is 9.17. The molecule has 0 aliphatic carbocycles. The summed E-state index contributed by atoms with van der Waals surface area (Å²) in [5, 5.41) is 1.23. The molecule has 0 amide bonds. The number of para-hydroxylation sites is 1. The highest BCUT2D eigenvalue weighted by Gasteiger charge is 2.13. The maximum Gasteiger partial charge on any atom is 0.134 e. The van der Waals surface area contributed by atoms with Gasteiger partial charge in [0.05, 0.1) is 6.26 Å². The third kappa shape index (κ3) is 5.48. The fraction of sp³-hybridized carbons (Fsp3) is 0.212. The summed E-state index contributed by atoms with van der Waals surface area (Å²) in [5.74, 6) is 0. The Balaban J connectivity index is 1.37. The van der Waals surface area contributed by atoms with Gasteiger partial charge in [0.2, 0.25) is 0 Å². The van der Waals surface area contributed by atoms with Crippen LogP contribution in [0.4, 0.5) is 0 Å². The van der Waals surface area contributed by atoms with E-state index in [4.69, 9.17) is 4.42 Å². The molecule has 1 heterocycles. The molecule has 4 aromatic carbocycles. The molecule has 0 saturated heterocycles. The fourth-order valence-corrected chi connectivity index (χ4v) is 5.00. The molecule has 1 aromatic heterocycles. The van der Waals surface area contributed by atoms with Gasteiger partial charge in [-0.3, -0.25) is 0 Å². The molecule has 0 bridgehead atoms. The molecular formula is C33H32O. The van der Waals surface area contributed by atoms with E-state index in [2.05, 4.69) is 97.1 Å². The van der Waals surface area contributed by atoms with Crippen molar-refractivity contribution in [3.05, 3.63) is 143 Å². The van der Waals surface area contributed by atoms with Gasteiger partial charge in [-0.15, -0.1) is 0 Å². The van der Waals surface area contributed by atoms with E-state index in [9.17, 15) is 0 Å². The minimum atomic E-state index is 0.930. The first-order chi connectivity index (χ1) is 16.9. The van der Waals surface area contributed by atoms with Gasteiger partial charge >= 0.3 is 0 Å². The molecule has 0 atom stereocenters. The van der Waals surface area contributed by atoms with Crippen molar-refractivity contribution in [1.82, 2.24) is 0 Å². The lowest BCUT2D eigenvalue weighted by atomic mass is 9.89. The minimum Gasteiger partial charge on any atom is -0.464 e. The van der Waals surface area contributed by atoms with E-state index in [1.54, 1.807) is 0 Å². The highest BCUT2D eigenvalue weighted by Crippen LogP contribution is 2.28. The monoisotopic (exact) mass is 444 g/mol. The molecule has 0 fully saturated rings. The van der Waals surface area contributed by atoms with Crippen molar-refractivity contribution in [2.75, 3.05) is 0 Å². The summed E-state index contributed by atoms with van der Waals surface area (Å²) < 4.78 is 5.88. The smallest absolute Gasteiger partial charge is 0.134 e. The van der Waals surface area contributed by atoms with E-state index in [0.717, 1.165) is 50.5 Å². The Morgan fingerprint density at radius 3 is 1.65 bits per heavy atom. The van der Waals surface area contributed by atoms with E-state index >= 15 is 0 Å². The van der Waals surface area contributed by atoms with Crippen LogP contribution in [0, 0.1) is 0 Å². The molecule has 1 nitrogen and oxygen atoms in total. The first kappa shape index (κ1) is 22.2. The van der Waals surface area contributed by atoms with Crippen molar-refractivity contribution in [3.63, 3.8) is 0 Å². The second kappa shape index (κ2) is 11.0. The van der Waals surface area contributed by atoms with Crippen LogP contribution >= 0.6 is 0 Å². The third-order valence-electron chi connectivity index (χ3n) is 6.81. The molecule has 0 aliphatic heterocycles. The number of benzene rings is 4. The molecule has 0 unspecified atom stereocenters. The Hall–Kier alpha value is -3.58. The maximum absolute atomic E-state index is 5.88. The zero-order valence-electron chi connectivity index (χ0n) is 19.8. The Labute approximate surface area is 203 Å². The molecule has 0 radical (unpaired) electrons. The number of rotatable bonds is 10. The topological polar surface area (TPSA) is 13.1 Å². The molecule has 0 aliphatic rings. The largest absolute Gasteiger partial charge is 0.464 e. The number of hydrogen-bond donors (Lipinski definition) is 0. The molecule has 5 rings (SSSR count). The lowest BCUT2D eigenvalue weighted by molar-refractivity contribution is 0.611. The molecular weight excluding hydrogens is 412 g/mol. The highest BCUT2D eigenvalue weighted by atomic mass is 16.3. The van der Waals surface area contributed by atoms with Crippen LogP contribution in [0.3, 0.4) is 0 Å². The molecule has 34 heavy (non-hydrogen) atoms. The summed E-state index contributed by atoms with van der Waals surface area (Å²) in [6.07, 6.45) is 9.66. The first-order valence-corrected chi connectivity index (χ1v) is 12.5. The van der Waals surface area contributed by atoms with Crippen LogP contribution in [0.1, 0.15) is 46.2 Å². The van der Waals surface area contributed by atoms with Crippen molar-refractivity contribution in [1.29, 1.82) is 0 Å². The average molecular weight is 445 g/mol. The van der Waals surface area contributed by atoms with Gasteiger partial charge in [-0.2, -0.15) is 0 Å². The maximum atomic E-state index is 5.88. The highest BCUT2D eigenvalue weighted by molar-refractivity contribution is 5.81. The van der Waals surface area contributed by atoms with Crippen LogP contribution in [0.25, 0.3) is 11.0 Å². The third-order valence-corrected chi connectivity index (χ3v) is 6.81. The van der Waals surface area contributed by atoms with Crippen molar-refractivity contribution < 1.29 is 4.42 Å². The zero-order valence-corrected chi connectivity index (χ0v) is 19.8. The Kier molecular flexibility index (Phi) is 7.21. The minimum absolute atomic E-state index is 0.930. The van der Waals surface area contributed by atoms with Crippen LogP contribution in [0.2, 0.25) is 0 Å². The molecule has 5 aromatic rings. The van der Waals surface area contributed by atoms with Crippen molar-refractivity contribution >= 4 is 11.0 Å². The number of hydrogen-bond acceptors (Lipinski definition) is 1. The van der Waals surface area contributed by atoms with E-state index < -0.39 is 0 Å². The number of furan rings is 1. The van der Waals surface area contributed by atoms with Gasteiger partial charge in [0.25, 0.3) is 0 Å². The van der Waals surface area contributed by atoms with E-state index in [0.29, 0.717) is 0 Å². The Morgan fingerprint density at radius 2 is 1.03 bits per heavy atom. The summed E-state index contributed by atoms with van der Waals surface area (Å²) in [7, 11) is 0. The molecule has 0 spiro atoms. The van der Waals surface area contributed by atoms with Gasteiger partial charge in [-0.1, -0.05) is 97.1 Å². The Morgan fingerprint density at radius 1 is 0.471 bits per heavy atom. The van der Waals surface area contributed by atoms with E-state index in [-0.39, 0.29) is 0 Å². The van der Waals surface area contributed by atoms with Gasteiger partial charge in [-0.05, 0) is 72.4 Å². The van der Waals surface area contributed by atoms with Gasteiger partial charge in [-0.25, -0.2) is 0 Å². The van der Waals surface area contributed by atoms with Crippen LogP contribution in [-0.2, 0) is 32.1 Å². The Bertz CT molecular complexity index is 1250. The first-order valence-electron chi connectivity index (χ1n) is 12.5. The summed E-state index contributed by atoms with van der Waals surface area (Å²) >= 11 is 0. The van der Waals surface area contributed by atoms with Gasteiger partial charge in [0.15, 0.2) is 0 Å². The van der Waals surface area contributed by atoms with Crippen LogP contribution in [-0.4, -0.2) is 0 Å². The van der Waals surface area contributed by atoms with E-state index in [1.807, 2.05) is 12.3 Å². The van der Waals surface area contributed by atoms with Crippen LogP contribution in [0.5, 0.6) is 0 Å². The summed E-state index contributed by atoms with van der Waals surface area (Å²) in [6, 6.07) is 37.0. The van der Waals surface area contributed by atoms with Gasteiger partial charge in [0.1, 0.15) is 5.58 Å². The van der Waals surface area contributed by atoms with Crippen molar-refractivity contribution in [2.45, 2.75) is 44.9 Å². The normalized spacial score (nSPS) is 11.2. The molecule has 0 saturated carbocycles. The fourth-order valence-electron chi connectivity index (χ4n) is 5.00. The molecule has 170 valence electrons. The predicted octanol–water partition coefficient (Wildman–Crippen LogP) is 8.37. The summed E-state index contributed by atoms with van der Waals surface area (Å²) in [5.41, 5.74) is 9.57. The molecule has 1 heteroatoms. The second-order valence-corrected chi connectivity index (χ2v) is 9.17. The number of aryl methyl sites for hydroxylation is 4. The molecule has 0 N–H and O–H groups in total. The quantitative estimate of drug-likeness (QED) is 0.211. The lowest BCUT2D eigenvalue weighted by Gasteiger charge is -2.15. The van der Waals surface area contributed by atoms with Gasteiger partial charge < -0.3 is 4.42 Å². The average Bonchev–Trinajstić information content (AvgIpc) is 3.30. The predicted molar refractivity (Wildman–Crippen MR) is 142 cm³/mol. The van der Waals surface area contributed by atoms with Gasteiger partial charge in [0, 0.05) is 17.4 Å². The summed E-state index contributed by atoms with van der Waals surface area (Å²) in [4.78, 5) is 0. The van der Waals surface area contributed by atoms with Crippen molar-refractivity contribution in [3.8, 4) is 0 Å². The lowest BCUT2D eigenvalue weighted by Crippen LogP contribution is -2.03. The van der Waals surface area contributed by atoms with Crippen LogP contribution in [0.15, 0.2) is 114 Å². The van der Waals surface area contributed by atoms with E-state index in [1.165, 1.54) is 38.8 Å². The zero-order chi connectivity index (χ0) is 23.0.